The van der Waals surface area contributed by atoms with Crippen molar-refractivity contribution in [2.75, 3.05) is 0 Å². The second-order valence-corrected chi connectivity index (χ2v) is 0. The van der Waals surface area contributed by atoms with Gasteiger partial charge in [-0.3, -0.25) is 0 Å². The molecule has 12 N–H and O–H groups in total. The number of hydrogen-bond donors (Lipinski definition) is 0. The molecular formula is CH14O7. The molecule has 0 unspecified atom stereocenters. The van der Waals surface area contributed by atoms with E-state index in [0.29, 0.717) is 0 Å². The molecular weight excluding hydrogens is 124 g/mol. The Balaban J connectivity index is -0.000000000333. The van der Waals surface area contributed by atoms with Crippen molar-refractivity contribution < 1.29 is 37.7 Å². The highest BCUT2D eigenvalue weighted by Crippen LogP contribution is 0.494. The average Bonchev–Trinajstić information content (AvgIpc) is 1.00. The Morgan fingerprint density at radius 3 is 0.500 bits per heavy atom. The smallest absolute Gasteiger partial charge is 0.106 e. The van der Waals surface area contributed by atoms with Crippen LogP contribution in [-0.2, 0) is 4.79 Å². The monoisotopic (exact) mass is 138 g/mol. The maximum Gasteiger partial charge on any atom is 0.106 e. The predicted molar refractivity (Wildman–Crippen MR) is 28.8 cm³/mol. The van der Waals surface area contributed by atoms with E-state index in [4.69, 9.17) is 4.79 Å². The van der Waals surface area contributed by atoms with E-state index in [1.165, 1.54) is 0 Å². The zero-order valence-electron chi connectivity index (χ0n) is 4.12. The Labute approximate surface area is 45.8 Å². The molecule has 0 spiro atoms. The van der Waals surface area contributed by atoms with Crippen LogP contribution in [-0.4, -0.2) is 39.6 Å². The van der Waals surface area contributed by atoms with Gasteiger partial charge >= 0.3 is 0 Å². The third-order valence-corrected chi connectivity index (χ3v) is 0. The molecule has 0 fully saturated rings. The molecule has 0 aromatic rings. The molecule has 8 heavy (non-hydrogen) atoms. The van der Waals surface area contributed by atoms with Crippen molar-refractivity contribution >= 4 is 6.79 Å². The number of carbonyl (C=O) groups is 1. The van der Waals surface area contributed by atoms with Crippen molar-refractivity contribution in [2.24, 2.45) is 0 Å². The maximum atomic E-state index is 8.00. The summed E-state index contributed by atoms with van der Waals surface area (Å²) in [5, 5.41) is 0. The lowest BCUT2D eigenvalue weighted by molar-refractivity contribution is -0.0979. The summed E-state index contributed by atoms with van der Waals surface area (Å²) in [7, 11) is 0. The minimum absolute atomic E-state index is 0. The summed E-state index contributed by atoms with van der Waals surface area (Å²) in [6.07, 6.45) is 0. The van der Waals surface area contributed by atoms with E-state index in [2.05, 4.69) is 0 Å². The molecule has 7 nitrogen and oxygen atoms in total. The number of hydrogen-bond acceptors (Lipinski definition) is 1. The van der Waals surface area contributed by atoms with Gasteiger partial charge in [-0.2, -0.15) is 0 Å². The molecule has 0 aromatic heterocycles. The molecule has 0 amide bonds. The van der Waals surface area contributed by atoms with Crippen LogP contribution in [0.15, 0.2) is 0 Å². The highest BCUT2D eigenvalue weighted by molar-refractivity contribution is 5.10. The van der Waals surface area contributed by atoms with Crippen molar-refractivity contribution in [3.63, 3.8) is 0 Å². The van der Waals surface area contributed by atoms with Gasteiger partial charge in [-0.05, 0) is 0 Å². The molecule has 7 heteroatoms. The third-order valence-electron chi connectivity index (χ3n) is 0. The molecule has 0 radical (unpaired) electrons. The highest BCUT2D eigenvalue weighted by atomic mass is 16.1. The number of carbonyl (C=O) groups excluding carboxylic acids is 1. The van der Waals surface area contributed by atoms with E-state index in [1.54, 1.807) is 0 Å². The van der Waals surface area contributed by atoms with Gasteiger partial charge in [0.15, 0.2) is 0 Å². The molecule has 0 aliphatic rings. The van der Waals surface area contributed by atoms with E-state index in [9.17, 15) is 0 Å². The first-order valence-electron chi connectivity index (χ1n) is 0.289. The summed E-state index contributed by atoms with van der Waals surface area (Å²) >= 11 is 0. The largest absolute Gasteiger partial charge is 0.412 e. The summed E-state index contributed by atoms with van der Waals surface area (Å²) < 4.78 is 0. The van der Waals surface area contributed by atoms with Gasteiger partial charge in [-0.1, -0.05) is 0 Å². The third kappa shape index (κ3) is 328. The van der Waals surface area contributed by atoms with Gasteiger partial charge in [0.1, 0.15) is 6.79 Å². The summed E-state index contributed by atoms with van der Waals surface area (Å²) in [6.45, 7) is 2.00. The number of rotatable bonds is 0. The van der Waals surface area contributed by atoms with E-state index >= 15 is 0 Å². The van der Waals surface area contributed by atoms with Crippen LogP contribution in [0.3, 0.4) is 0 Å². The molecule has 0 saturated heterocycles. The van der Waals surface area contributed by atoms with Crippen LogP contribution in [0.25, 0.3) is 0 Å². The molecule has 60 valence electrons. The van der Waals surface area contributed by atoms with Gasteiger partial charge in [0.05, 0.1) is 0 Å². The van der Waals surface area contributed by atoms with Crippen LogP contribution in [0, 0.1) is 0 Å². The first kappa shape index (κ1) is 1660. The normalized spacial score (nSPS) is 0.500. The predicted octanol–water partition coefficient (Wildman–Crippen LogP) is -5.13. The van der Waals surface area contributed by atoms with E-state index in [0.717, 1.165) is 0 Å². The van der Waals surface area contributed by atoms with Gasteiger partial charge in [-0.15, -0.1) is 0 Å². The molecule has 0 heterocycles. The average molecular weight is 138 g/mol. The first-order chi connectivity index (χ1) is 1.00. The van der Waals surface area contributed by atoms with Crippen LogP contribution in [0.2, 0.25) is 0 Å². The summed E-state index contributed by atoms with van der Waals surface area (Å²) in [6, 6.07) is 0. The molecule has 0 saturated carbocycles. The zero-order chi connectivity index (χ0) is 2.00. The quantitative estimate of drug-likeness (QED) is 0.316. The van der Waals surface area contributed by atoms with Gasteiger partial charge in [-0.25, -0.2) is 0 Å². The first-order valence-corrected chi connectivity index (χ1v) is 0.289. The Kier molecular flexibility index (Phi) is 121000. The van der Waals surface area contributed by atoms with Crippen LogP contribution in [0.4, 0.5) is 0 Å². The molecule has 0 aromatic carbocycles. The SMILES string of the molecule is C=O.O.O.O.O.O.O. The van der Waals surface area contributed by atoms with Crippen LogP contribution >= 0.6 is 0 Å². The minimum Gasteiger partial charge on any atom is -0.412 e. The standard InChI is InChI=1S/CH2O.6H2O/c1-2;;;;;;/h1H2;6*1H2. The summed E-state index contributed by atoms with van der Waals surface area (Å²) in [4.78, 5) is 8.00. The topological polar surface area (TPSA) is 206 Å². The van der Waals surface area contributed by atoms with E-state index < -0.39 is 0 Å². The van der Waals surface area contributed by atoms with Gasteiger partial charge < -0.3 is 37.7 Å². The van der Waals surface area contributed by atoms with Crippen molar-refractivity contribution in [1.82, 2.24) is 0 Å². The fourth-order valence-corrected chi connectivity index (χ4v) is 0. The second-order valence-electron chi connectivity index (χ2n) is 0. The molecule has 0 rings (SSSR count). The van der Waals surface area contributed by atoms with Crippen molar-refractivity contribution in [3.8, 4) is 0 Å². The lowest BCUT2D eigenvalue weighted by Crippen LogP contribution is -0.925. The van der Waals surface area contributed by atoms with Gasteiger partial charge in [0.25, 0.3) is 0 Å². The van der Waals surface area contributed by atoms with E-state index in [-0.39, 0.29) is 32.9 Å². The molecule has 0 aliphatic heterocycles. The lowest BCUT2D eigenvalue weighted by Gasteiger charge is -0.837. The highest BCUT2D eigenvalue weighted by Gasteiger charge is 0.636. The Morgan fingerprint density at radius 2 is 0.500 bits per heavy atom. The minimum atomic E-state index is 0. The van der Waals surface area contributed by atoms with E-state index in [1.807, 2.05) is 6.79 Å². The second kappa shape index (κ2) is 584. The zero-order valence-corrected chi connectivity index (χ0v) is 4.12. The fourth-order valence-electron chi connectivity index (χ4n) is 0. The van der Waals surface area contributed by atoms with Crippen molar-refractivity contribution in [3.05, 3.63) is 0 Å². The van der Waals surface area contributed by atoms with Crippen LogP contribution in [0.5, 0.6) is 0 Å². The van der Waals surface area contributed by atoms with Gasteiger partial charge in [0.2, 0.25) is 0 Å². The molecule has 0 atom stereocenters. The van der Waals surface area contributed by atoms with Crippen LogP contribution in [0.1, 0.15) is 0 Å². The fraction of sp³-hybridized carbons (Fsp3) is 0. The molecule has 0 bridgehead atoms. The Hall–Kier alpha value is -0.570. The Bertz CT molecular complexity index is 4.35. The summed E-state index contributed by atoms with van der Waals surface area (Å²) in [5.74, 6) is 0. The maximum absolute atomic E-state index is 8.00. The van der Waals surface area contributed by atoms with Crippen LogP contribution < -0.4 is 0 Å². The molecule has 0 aliphatic carbocycles. The van der Waals surface area contributed by atoms with Crippen molar-refractivity contribution in [1.29, 1.82) is 0 Å². The van der Waals surface area contributed by atoms with Gasteiger partial charge in [0, 0.05) is 0 Å². The Morgan fingerprint density at radius 1 is 0.500 bits per heavy atom. The lowest BCUT2D eigenvalue weighted by atomic mass is 11.9. The van der Waals surface area contributed by atoms with Crippen molar-refractivity contribution in [2.45, 2.75) is 0 Å². The summed E-state index contributed by atoms with van der Waals surface area (Å²) in [5.41, 5.74) is 0.